The van der Waals surface area contributed by atoms with Gasteiger partial charge in [-0.2, -0.15) is 5.26 Å². The molecule has 29 heavy (non-hydrogen) atoms. The van der Waals surface area contributed by atoms with E-state index in [4.69, 9.17) is 9.47 Å². The summed E-state index contributed by atoms with van der Waals surface area (Å²) in [5, 5.41) is 9.60. The lowest BCUT2D eigenvalue weighted by molar-refractivity contribution is 0.0254. The monoisotopic (exact) mass is 386 g/mol. The fraction of sp³-hybridized carbons (Fsp3) is 0.304. The molecule has 3 aromatic rings. The van der Waals surface area contributed by atoms with Crippen LogP contribution >= 0.6 is 0 Å². The van der Waals surface area contributed by atoms with E-state index in [0.717, 1.165) is 35.4 Å². The third-order valence-electron chi connectivity index (χ3n) is 4.90. The van der Waals surface area contributed by atoms with Crippen LogP contribution in [0.5, 0.6) is 5.75 Å². The van der Waals surface area contributed by atoms with Gasteiger partial charge in [0.25, 0.3) is 0 Å². The van der Waals surface area contributed by atoms with E-state index in [0.29, 0.717) is 36.8 Å². The van der Waals surface area contributed by atoms with E-state index in [1.165, 1.54) is 0 Å². The molecule has 1 fully saturated rings. The van der Waals surface area contributed by atoms with Gasteiger partial charge in [-0.15, -0.1) is 0 Å². The van der Waals surface area contributed by atoms with E-state index in [1.807, 2.05) is 49.5 Å². The smallest absolute Gasteiger partial charge is 0.137 e. The van der Waals surface area contributed by atoms with Crippen molar-refractivity contribution >= 4 is 0 Å². The number of benzene rings is 1. The van der Waals surface area contributed by atoms with Gasteiger partial charge in [0.05, 0.1) is 24.5 Å². The van der Waals surface area contributed by atoms with Crippen molar-refractivity contribution in [2.45, 2.75) is 32.3 Å². The standard InChI is InChI=1S/C23H22N4O2/c1-16-2-3-17(15-26-16)12-23-25-9-6-21(27-23)18-4-5-22(19(13-18)14-24)29-20-7-10-28-11-8-20/h2-6,9,13,15,20H,7-8,10-12H2,1H3. The molecule has 3 heterocycles. The van der Waals surface area contributed by atoms with Crippen LogP contribution in [-0.4, -0.2) is 34.3 Å². The first-order valence-electron chi connectivity index (χ1n) is 9.73. The number of pyridine rings is 1. The maximum atomic E-state index is 9.60. The Morgan fingerprint density at radius 3 is 2.76 bits per heavy atom. The zero-order chi connectivity index (χ0) is 20.1. The molecule has 0 N–H and O–H groups in total. The Kier molecular flexibility index (Phi) is 5.78. The predicted molar refractivity (Wildman–Crippen MR) is 108 cm³/mol. The molecule has 0 unspecified atom stereocenters. The number of nitriles is 1. The Labute approximate surface area is 170 Å². The van der Waals surface area contributed by atoms with Gasteiger partial charge in [-0.1, -0.05) is 6.07 Å². The molecule has 1 aromatic carbocycles. The van der Waals surface area contributed by atoms with Crippen molar-refractivity contribution in [2.75, 3.05) is 13.2 Å². The summed E-state index contributed by atoms with van der Waals surface area (Å²) in [4.78, 5) is 13.4. The van der Waals surface area contributed by atoms with E-state index >= 15 is 0 Å². The van der Waals surface area contributed by atoms with Gasteiger partial charge in [0.15, 0.2) is 0 Å². The van der Waals surface area contributed by atoms with E-state index in [9.17, 15) is 5.26 Å². The van der Waals surface area contributed by atoms with Gasteiger partial charge in [-0.3, -0.25) is 4.98 Å². The number of aromatic nitrogens is 3. The topological polar surface area (TPSA) is 80.9 Å². The SMILES string of the molecule is Cc1ccc(Cc2nccc(-c3ccc(OC4CCOCC4)c(C#N)c3)n2)cn1. The number of hydrogen-bond donors (Lipinski definition) is 0. The van der Waals surface area contributed by atoms with E-state index < -0.39 is 0 Å². The predicted octanol–water partition coefficient (Wildman–Crippen LogP) is 3.87. The molecule has 1 aliphatic rings. The van der Waals surface area contributed by atoms with Crippen molar-refractivity contribution in [1.82, 2.24) is 15.0 Å². The Morgan fingerprint density at radius 2 is 2.00 bits per heavy atom. The Hall–Kier alpha value is -3.30. The largest absolute Gasteiger partial charge is 0.489 e. The van der Waals surface area contributed by atoms with Crippen LogP contribution in [0.3, 0.4) is 0 Å². The second-order valence-electron chi connectivity index (χ2n) is 7.10. The summed E-state index contributed by atoms with van der Waals surface area (Å²) in [5.41, 5.74) is 4.20. The van der Waals surface area contributed by atoms with E-state index in [-0.39, 0.29) is 6.10 Å². The minimum Gasteiger partial charge on any atom is -0.489 e. The molecule has 0 spiro atoms. The summed E-state index contributed by atoms with van der Waals surface area (Å²) in [6.45, 7) is 3.36. The molecule has 146 valence electrons. The molecular formula is C23H22N4O2. The first-order chi connectivity index (χ1) is 14.2. The average molecular weight is 386 g/mol. The quantitative estimate of drug-likeness (QED) is 0.662. The molecule has 0 amide bonds. The summed E-state index contributed by atoms with van der Waals surface area (Å²) in [5.74, 6) is 1.33. The number of ether oxygens (including phenoxy) is 2. The van der Waals surface area contributed by atoms with Crippen molar-refractivity contribution in [3.05, 3.63) is 71.4 Å². The third-order valence-corrected chi connectivity index (χ3v) is 4.90. The molecule has 6 heteroatoms. The molecule has 0 atom stereocenters. The Morgan fingerprint density at radius 1 is 1.14 bits per heavy atom. The highest BCUT2D eigenvalue weighted by molar-refractivity contribution is 5.64. The molecule has 0 saturated carbocycles. The minimum absolute atomic E-state index is 0.0930. The number of nitrogens with zero attached hydrogens (tertiary/aromatic N) is 4. The first-order valence-corrected chi connectivity index (χ1v) is 9.73. The second kappa shape index (κ2) is 8.80. The van der Waals surface area contributed by atoms with Crippen molar-refractivity contribution in [1.29, 1.82) is 5.26 Å². The van der Waals surface area contributed by atoms with Crippen LogP contribution in [0.15, 0.2) is 48.8 Å². The molecular weight excluding hydrogens is 364 g/mol. The van der Waals surface area contributed by atoms with Gasteiger partial charge in [0.2, 0.25) is 0 Å². The van der Waals surface area contributed by atoms with E-state index in [1.54, 1.807) is 6.20 Å². The number of rotatable bonds is 5. The molecule has 0 radical (unpaired) electrons. The van der Waals surface area contributed by atoms with Crippen molar-refractivity contribution in [3.8, 4) is 23.1 Å². The summed E-state index contributed by atoms with van der Waals surface area (Å²) < 4.78 is 11.4. The maximum absolute atomic E-state index is 9.60. The van der Waals surface area contributed by atoms with Gasteiger partial charge in [-0.25, -0.2) is 9.97 Å². The Bertz CT molecular complexity index is 1020. The highest BCUT2D eigenvalue weighted by Gasteiger charge is 2.17. The van der Waals surface area contributed by atoms with Crippen LogP contribution in [0.4, 0.5) is 0 Å². The summed E-state index contributed by atoms with van der Waals surface area (Å²) in [6, 6.07) is 13.7. The molecule has 0 bridgehead atoms. The zero-order valence-electron chi connectivity index (χ0n) is 16.3. The molecule has 4 rings (SSSR count). The van der Waals surface area contributed by atoms with Gasteiger partial charge in [0, 0.05) is 42.9 Å². The first kappa shape index (κ1) is 19.0. The molecule has 6 nitrogen and oxygen atoms in total. The molecule has 2 aromatic heterocycles. The van der Waals surface area contributed by atoms with Crippen molar-refractivity contribution in [2.24, 2.45) is 0 Å². The van der Waals surface area contributed by atoms with Crippen LogP contribution in [0, 0.1) is 18.3 Å². The van der Waals surface area contributed by atoms with Gasteiger partial charge in [0.1, 0.15) is 23.7 Å². The van der Waals surface area contributed by atoms with Crippen LogP contribution in [0.2, 0.25) is 0 Å². The van der Waals surface area contributed by atoms with Gasteiger partial charge >= 0.3 is 0 Å². The lowest BCUT2D eigenvalue weighted by atomic mass is 10.1. The third kappa shape index (κ3) is 4.76. The van der Waals surface area contributed by atoms with Crippen molar-refractivity contribution in [3.63, 3.8) is 0 Å². The van der Waals surface area contributed by atoms with Gasteiger partial charge in [-0.05, 0) is 42.8 Å². The highest BCUT2D eigenvalue weighted by Crippen LogP contribution is 2.27. The van der Waals surface area contributed by atoms with Crippen LogP contribution in [-0.2, 0) is 11.2 Å². The van der Waals surface area contributed by atoms with Crippen LogP contribution < -0.4 is 4.74 Å². The van der Waals surface area contributed by atoms with Crippen LogP contribution in [0.1, 0.15) is 35.5 Å². The summed E-state index contributed by atoms with van der Waals surface area (Å²) in [6.07, 6.45) is 5.98. The number of aryl methyl sites for hydroxylation is 1. The summed E-state index contributed by atoms with van der Waals surface area (Å²) in [7, 11) is 0. The van der Waals surface area contributed by atoms with E-state index in [2.05, 4.69) is 21.0 Å². The fourth-order valence-corrected chi connectivity index (χ4v) is 3.28. The zero-order valence-corrected chi connectivity index (χ0v) is 16.3. The lowest BCUT2D eigenvalue weighted by Crippen LogP contribution is -2.26. The molecule has 1 aliphatic heterocycles. The minimum atomic E-state index is 0.0930. The lowest BCUT2D eigenvalue weighted by Gasteiger charge is -2.23. The second-order valence-corrected chi connectivity index (χ2v) is 7.10. The fourth-order valence-electron chi connectivity index (χ4n) is 3.28. The van der Waals surface area contributed by atoms with Crippen molar-refractivity contribution < 1.29 is 9.47 Å². The van der Waals surface area contributed by atoms with Crippen LogP contribution in [0.25, 0.3) is 11.3 Å². The molecule has 0 aliphatic carbocycles. The maximum Gasteiger partial charge on any atom is 0.137 e. The number of hydrogen-bond acceptors (Lipinski definition) is 6. The Balaban J connectivity index is 1.54. The highest BCUT2D eigenvalue weighted by atomic mass is 16.5. The normalized spacial score (nSPS) is 14.3. The average Bonchev–Trinajstić information content (AvgIpc) is 2.76. The van der Waals surface area contributed by atoms with Gasteiger partial charge < -0.3 is 9.47 Å². The summed E-state index contributed by atoms with van der Waals surface area (Å²) >= 11 is 0. The molecule has 1 saturated heterocycles.